The van der Waals surface area contributed by atoms with Gasteiger partial charge in [-0.3, -0.25) is 4.79 Å². The summed E-state index contributed by atoms with van der Waals surface area (Å²) in [6.45, 7) is 4.23. The summed E-state index contributed by atoms with van der Waals surface area (Å²) in [5.41, 5.74) is 3.64. The smallest absolute Gasteiger partial charge is 0.291 e. The molecule has 0 saturated heterocycles. The number of hydrogen-bond donors (Lipinski definition) is 2. The first-order valence-corrected chi connectivity index (χ1v) is 8.03. The Kier molecular flexibility index (Phi) is 3.64. The molecule has 1 aromatic carbocycles. The second kappa shape index (κ2) is 5.97. The molecule has 0 fully saturated rings. The fraction of sp³-hybridized carbons (Fsp3) is 0.235. The van der Waals surface area contributed by atoms with Crippen molar-refractivity contribution in [2.45, 2.75) is 20.3 Å². The number of carbonyl (C=O) groups excluding carboxylic acids is 1. The van der Waals surface area contributed by atoms with Crippen molar-refractivity contribution in [3.05, 3.63) is 53.4 Å². The van der Waals surface area contributed by atoms with Crippen LogP contribution >= 0.6 is 0 Å². The van der Waals surface area contributed by atoms with Gasteiger partial charge in [0, 0.05) is 24.4 Å². The molecule has 126 valence electrons. The molecule has 2 N–H and O–H groups in total. The number of nitrogens with zero attached hydrogens (tertiary/aromatic N) is 5. The van der Waals surface area contributed by atoms with Crippen LogP contribution < -0.4 is 5.32 Å². The minimum Gasteiger partial charge on any atom is -0.349 e. The van der Waals surface area contributed by atoms with E-state index in [1.807, 2.05) is 44.2 Å². The number of fused-ring (bicyclic) bond motifs is 2. The Balaban J connectivity index is 1.44. The minimum absolute atomic E-state index is 0.116. The van der Waals surface area contributed by atoms with E-state index in [0.29, 0.717) is 18.7 Å². The highest BCUT2D eigenvalue weighted by atomic mass is 16.2. The quantitative estimate of drug-likeness (QED) is 0.590. The number of rotatable bonds is 4. The van der Waals surface area contributed by atoms with E-state index in [2.05, 4.69) is 30.4 Å². The molecule has 0 aliphatic heterocycles. The van der Waals surface area contributed by atoms with Crippen LogP contribution in [0.5, 0.6) is 0 Å². The molecule has 0 saturated carbocycles. The fourth-order valence-corrected chi connectivity index (χ4v) is 2.76. The van der Waals surface area contributed by atoms with E-state index in [9.17, 15) is 4.79 Å². The highest BCUT2D eigenvalue weighted by Gasteiger charge is 2.14. The van der Waals surface area contributed by atoms with Gasteiger partial charge in [0.2, 0.25) is 5.82 Å². The maximum absolute atomic E-state index is 12.3. The van der Waals surface area contributed by atoms with Gasteiger partial charge in [-0.2, -0.15) is 4.98 Å². The fourth-order valence-electron chi connectivity index (χ4n) is 2.76. The summed E-state index contributed by atoms with van der Waals surface area (Å²) in [6, 6.07) is 9.72. The average Bonchev–Trinajstić information content (AvgIpc) is 3.18. The van der Waals surface area contributed by atoms with Crippen LogP contribution in [0.15, 0.2) is 30.3 Å². The van der Waals surface area contributed by atoms with E-state index in [1.54, 1.807) is 4.52 Å². The number of nitrogens with one attached hydrogen (secondary N) is 2. The Hall–Kier alpha value is -3.29. The second-order valence-electron chi connectivity index (χ2n) is 5.89. The zero-order valence-corrected chi connectivity index (χ0v) is 13.9. The van der Waals surface area contributed by atoms with Crippen LogP contribution in [0, 0.1) is 13.8 Å². The molecular weight excluding hydrogens is 318 g/mol. The molecule has 1 amide bonds. The predicted molar refractivity (Wildman–Crippen MR) is 92.4 cm³/mol. The molecule has 0 unspecified atom stereocenters. The lowest BCUT2D eigenvalue weighted by Crippen LogP contribution is -2.27. The van der Waals surface area contributed by atoms with Crippen molar-refractivity contribution >= 4 is 22.7 Å². The third-order valence-electron chi connectivity index (χ3n) is 3.91. The monoisotopic (exact) mass is 335 g/mol. The summed E-state index contributed by atoms with van der Waals surface area (Å²) in [6.07, 6.45) is 0.601. The Morgan fingerprint density at radius 3 is 2.88 bits per heavy atom. The Labute approximate surface area is 143 Å². The van der Waals surface area contributed by atoms with E-state index >= 15 is 0 Å². The number of aromatic nitrogens is 6. The summed E-state index contributed by atoms with van der Waals surface area (Å²) in [5.74, 6) is 1.06. The van der Waals surface area contributed by atoms with Gasteiger partial charge in [-0.15, -0.1) is 5.10 Å². The zero-order valence-electron chi connectivity index (χ0n) is 13.9. The number of H-pyrrole nitrogens is 1. The summed E-state index contributed by atoms with van der Waals surface area (Å²) < 4.78 is 1.57. The van der Waals surface area contributed by atoms with Gasteiger partial charge in [-0.1, -0.05) is 12.1 Å². The lowest BCUT2D eigenvalue weighted by atomic mass is 10.3. The zero-order chi connectivity index (χ0) is 17.4. The maximum atomic E-state index is 12.3. The number of imidazole rings is 1. The number of hydrogen-bond acceptors (Lipinski definition) is 5. The highest BCUT2D eigenvalue weighted by molar-refractivity contribution is 5.90. The lowest BCUT2D eigenvalue weighted by molar-refractivity contribution is 0.0944. The molecule has 3 heterocycles. The molecule has 4 rings (SSSR count). The van der Waals surface area contributed by atoms with Crippen molar-refractivity contribution in [3.63, 3.8) is 0 Å². The van der Waals surface area contributed by atoms with Crippen LogP contribution in [0.25, 0.3) is 16.8 Å². The molecular formula is C17H17N7O. The van der Waals surface area contributed by atoms with Gasteiger partial charge in [-0.25, -0.2) is 14.5 Å². The Morgan fingerprint density at radius 1 is 1.20 bits per heavy atom. The summed E-state index contributed by atoms with van der Waals surface area (Å²) >= 11 is 0. The van der Waals surface area contributed by atoms with Crippen molar-refractivity contribution in [1.29, 1.82) is 0 Å². The summed E-state index contributed by atoms with van der Waals surface area (Å²) in [4.78, 5) is 28.5. The van der Waals surface area contributed by atoms with Gasteiger partial charge in [0.15, 0.2) is 0 Å². The number of aromatic amines is 1. The van der Waals surface area contributed by atoms with Gasteiger partial charge in [0.05, 0.1) is 11.0 Å². The standard InChI is InChI=1S/C17H17N7O/c1-10-9-11(2)24-17(19-10)22-15(23-24)16(25)18-8-7-14-20-12-5-3-4-6-13(12)21-14/h3-6,9H,7-8H2,1-2H3,(H,18,25)(H,20,21). The van der Waals surface area contributed by atoms with Crippen LogP contribution in [-0.2, 0) is 6.42 Å². The number of benzene rings is 1. The molecule has 3 aromatic heterocycles. The van der Waals surface area contributed by atoms with E-state index in [0.717, 1.165) is 28.2 Å². The highest BCUT2D eigenvalue weighted by Crippen LogP contribution is 2.10. The van der Waals surface area contributed by atoms with Crippen molar-refractivity contribution < 1.29 is 4.79 Å². The number of amides is 1. The van der Waals surface area contributed by atoms with Crippen LogP contribution in [0.4, 0.5) is 0 Å². The number of para-hydroxylation sites is 2. The van der Waals surface area contributed by atoms with E-state index in [1.165, 1.54) is 0 Å². The Bertz CT molecular complexity index is 1050. The normalized spacial score (nSPS) is 11.3. The maximum Gasteiger partial charge on any atom is 0.291 e. The van der Waals surface area contributed by atoms with Crippen molar-refractivity contribution in [1.82, 2.24) is 34.9 Å². The van der Waals surface area contributed by atoms with Crippen LogP contribution in [0.1, 0.15) is 27.8 Å². The SMILES string of the molecule is Cc1cc(C)n2nc(C(=O)NCCc3nc4ccccc4[nH]3)nc2n1. The first-order chi connectivity index (χ1) is 12.1. The molecule has 8 nitrogen and oxygen atoms in total. The Morgan fingerprint density at radius 2 is 2.04 bits per heavy atom. The molecule has 25 heavy (non-hydrogen) atoms. The van der Waals surface area contributed by atoms with Crippen molar-refractivity contribution in [2.75, 3.05) is 6.54 Å². The molecule has 0 aliphatic rings. The van der Waals surface area contributed by atoms with Crippen LogP contribution in [-0.4, -0.2) is 42.0 Å². The third kappa shape index (κ3) is 2.93. The van der Waals surface area contributed by atoms with Gasteiger partial charge < -0.3 is 10.3 Å². The van der Waals surface area contributed by atoms with Crippen molar-refractivity contribution in [2.24, 2.45) is 0 Å². The molecule has 0 bridgehead atoms. The van der Waals surface area contributed by atoms with Crippen molar-refractivity contribution in [3.8, 4) is 0 Å². The average molecular weight is 335 g/mol. The molecule has 0 aliphatic carbocycles. The van der Waals surface area contributed by atoms with Gasteiger partial charge in [0.25, 0.3) is 11.7 Å². The van der Waals surface area contributed by atoms with E-state index in [-0.39, 0.29) is 11.7 Å². The van der Waals surface area contributed by atoms with E-state index < -0.39 is 0 Å². The van der Waals surface area contributed by atoms with E-state index in [4.69, 9.17) is 0 Å². The number of aryl methyl sites for hydroxylation is 2. The summed E-state index contributed by atoms with van der Waals surface area (Å²) in [7, 11) is 0. The molecule has 4 aromatic rings. The number of carbonyl (C=O) groups is 1. The molecule has 0 spiro atoms. The van der Waals surface area contributed by atoms with Crippen LogP contribution in [0.3, 0.4) is 0 Å². The lowest BCUT2D eigenvalue weighted by Gasteiger charge is -2.00. The first kappa shape index (κ1) is 15.3. The topological polar surface area (TPSA) is 101 Å². The molecule has 8 heteroatoms. The molecule has 0 atom stereocenters. The van der Waals surface area contributed by atoms with Gasteiger partial charge in [-0.05, 0) is 32.0 Å². The van der Waals surface area contributed by atoms with Gasteiger partial charge >= 0.3 is 0 Å². The minimum atomic E-state index is -0.321. The molecule has 0 radical (unpaired) electrons. The van der Waals surface area contributed by atoms with Crippen LogP contribution in [0.2, 0.25) is 0 Å². The van der Waals surface area contributed by atoms with Gasteiger partial charge in [0.1, 0.15) is 5.82 Å². The third-order valence-corrected chi connectivity index (χ3v) is 3.91. The summed E-state index contributed by atoms with van der Waals surface area (Å²) in [5, 5.41) is 7.04. The second-order valence-corrected chi connectivity index (χ2v) is 5.89. The first-order valence-electron chi connectivity index (χ1n) is 8.03. The largest absolute Gasteiger partial charge is 0.349 e. The predicted octanol–water partition coefficient (Wildman–Crippen LogP) is 1.59.